The second kappa shape index (κ2) is 8.16. The van der Waals surface area contributed by atoms with Crippen LogP contribution in [0.4, 0.5) is 21.9 Å². The van der Waals surface area contributed by atoms with Crippen LogP contribution in [0.3, 0.4) is 0 Å². The number of hydrogen-bond donors (Lipinski definition) is 1. The molecule has 0 saturated carbocycles. The van der Waals surface area contributed by atoms with E-state index in [0.717, 1.165) is 0 Å². The summed E-state index contributed by atoms with van der Waals surface area (Å²) in [4.78, 5) is 24.2. The van der Waals surface area contributed by atoms with Crippen molar-refractivity contribution in [1.82, 2.24) is 0 Å². The number of carbonyl (C=O) groups is 1. The molecule has 24 heavy (non-hydrogen) atoms. The minimum Gasteiger partial charge on any atom is -0.497 e. The second-order valence-corrected chi connectivity index (χ2v) is 5.15. The minimum absolute atomic E-state index is 0.0962. The summed E-state index contributed by atoms with van der Waals surface area (Å²) < 4.78 is 5.09. The zero-order valence-electron chi connectivity index (χ0n) is 12.9. The molecule has 7 nitrogen and oxygen atoms in total. The fraction of sp³-hybridized carbons (Fsp3) is 0.188. The zero-order chi connectivity index (χ0) is 17.5. The van der Waals surface area contributed by atoms with Crippen LogP contribution in [0.5, 0.6) is 5.75 Å². The summed E-state index contributed by atoms with van der Waals surface area (Å²) in [6.07, 6.45) is 0. The Balaban J connectivity index is 2.19. The number of urea groups is 1. The van der Waals surface area contributed by atoms with Gasteiger partial charge < -0.3 is 10.1 Å². The number of methoxy groups -OCH3 is 1. The number of hydrogen-bond acceptors (Lipinski definition) is 4. The van der Waals surface area contributed by atoms with Gasteiger partial charge in [-0.25, -0.2) is 4.79 Å². The maximum Gasteiger partial charge on any atom is 0.326 e. The Morgan fingerprint density at radius 2 is 2.00 bits per heavy atom. The topological polar surface area (TPSA) is 84.7 Å². The van der Waals surface area contributed by atoms with E-state index in [1.807, 2.05) is 0 Å². The van der Waals surface area contributed by atoms with Gasteiger partial charge in [-0.2, -0.15) is 0 Å². The quantitative estimate of drug-likeness (QED) is 0.487. The summed E-state index contributed by atoms with van der Waals surface area (Å²) in [5.74, 6) is 0.914. The standard InChI is InChI=1S/C16H16ClN3O4/c1-24-15-7-5-13(6-8-15)19(10-9-17)16(21)18-12-3-2-4-14(11-12)20(22)23/h2-8,11H,9-10H2,1H3,(H,18,21). The Morgan fingerprint density at radius 3 is 2.58 bits per heavy atom. The molecule has 0 bridgehead atoms. The Bertz CT molecular complexity index is 722. The first-order valence-corrected chi connectivity index (χ1v) is 7.61. The zero-order valence-corrected chi connectivity index (χ0v) is 13.7. The number of halogens is 1. The smallest absolute Gasteiger partial charge is 0.326 e. The molecule has 8 heteroatoms. The van der Waals surface area contributed by atoms with Crippen LogP contribution in [0.1, 0.15) is 0 Å². The van der Waals surface area contributed by atoms with E-state index < -0.39 is 11.0 Å². The molecule has 2 aromatic rings. The fourth-order valence-electron chi connectivity index (χ4n) is 2.08. The molecule has 0 fully saturated rings. The van der Waals surface area contributed by atoms with Gasteiger partial charge >= 0.3 is 6.03 Å². The van der Waals surface area contributed by atoms with E-state index in [4.69, 9.17) is 16.3 Å². The van der Waals surface area contributed by atoms with Gasteiger partial charge in [-0.15, -0.1) is 11.6 Å². The van der Waals surface area contributed by atoms with Crippen molar-refractivity contribution >= 4 is 34.7 Å². The molecule has 0 unspecified atom stereocenters. The van der Waals surface area contributed by atoms with Gasteiger partial charge in [0.2, 0.25) is 0 Å². The van der Waals surface area contributed by atoms with E-state index in [1.165, 1.54) is 23.1 Å². The number of amides is 2. The van der Waals surface area contributed by atoms with Crippen molar-refractivity contribution in [1.29, 1.82) is 0 Å². The minimum atomic E-state index is -0.518. The van der Waals surface area contributed by atoms with E-state index in [9.17, 15) is 14.9 Å². The SMILES string of the molecule is COc1ccc(N(CCCl)C(=O)Nc2cccc([N+](=O)[O-])c2)cc1. The molecule has 0 heterocycles. The first kappa shape index (κ1) is 17.6. The lowest BCUT2D eigenvalue weighted by atomic mass is 10.2. The van der Waals surface area contributed by atoms with Gasteiger partial charge in [0.15, 0.2) is 0 Å². The van der Waals surface area contributed by atoms with Crippen molar-refractivity contribution in [2.45, 2.75) is 0 Å². The van der Waals surface area contributed by atoms with Crippen LogP contribution in [-0.4, -0.2) is 30.5 Å². The molecule has 0 aliphatic rings. The number of ether oxygens (including phenoxy) is 1. The third-order valence-electron chi connectivity index (χ3n) is 3.25. The maximum absolute atomic E-state index is 12.5. The van der Waals surface area contributed by atoms with E-state index >= 15 is 0 Å². The van der Waals surface area contributed by atoms with Gasteiger partial charge in [-0.05, 0) is 30.3 Å². The lowest BCUT2D eigenvalue weighted by molar-refractivity contribution is -0.384. The van der Waals surface area contributed by atoms with Gasteiger partial charge in [-0.1, -0.05) is 6.07 Å². The average Bonchev–Trinajstić information content (AvgIpc) is 2.60. The van der Waals surface area contributed by atoms with Crippen molar-refractivity contribution in [3.05, 3.63) is 58.6 Å². The van der Waals surface area contributed by atoms with Gasteiger partial charge in [0.25, 0.3) is 5.69 Å². The molecular formula is C16H16ClN3O4. The highest BCUT2D eigenvalue weighted by molar-refractivity contribution is 6.18. The highest BCUT2D eigenvalue weighted by atomic mass is 35.5. The number of nitrogens with one attached hydrogen (secondary N) is 1. The van der Waals surface area contributed by atoms with Crippen molar-refractivity contribution in [2.75, 3.05) is 29.8 Å². The first-order chi connectivity index (χ1) is 11.5. The van der Waals surface area contributed by atoms with Crippen LogP contribution >= 0.6 is 11.6 Å². The molecule has 1 N–H and O–H groups in total. The second-order valence-electron chi connectivity index (χ2n) is 4.78. The summed E-state index contributed by atoms with van der Waals surface area (Å²) in [5.41, 5.74) is 0.878. The van der Waals surface area contributed by atoms with Gasteiger partial charge in [0.05, 0.1) is 12.0 Å². The number of alkyl halides is 1. The van der Waals surface area contributed by atoms with Crippen LogP contribution in [0.25, 0.3) is 0 Å². The Labute approximate surface area is 143 Å². The Morgan fingerprint density at radius 1 is 1.29 bits per heavy atom. The van der Waals surface area contributed by atoms with Gasteiger partial charge in [0, 0.05) is 35.9 Å². The predicted octanol–water partition coefficient (Wildman–Crippen LogP) is 3.88. The normalized spacial score (nSPS) is 10.1. The lowest BCUT2D eigenvalue weighted by Gasteiger charge is -2.22. The van der Waals surface area contributed by atoms with E-state index in [1.54, 1.807) is 37.4 Å². The van der Waals surface area contributed by atoms with Gasteiger partial charge in [-0.3, -0.25) is 15.0 Å². The molecule has 2 amide bonds. The lowest BCUT2D eigenvalue weighted by Crippen LogP contribution is -2.36. The summed E-state index contributed by atoms with van der Waals surface area (Å²) in [6, 6.07) is 12.2. The number of carbonyl (C=O) groups excluding carboxylic acids is 1. The largest absolute Gasteiger partial charge is 0.497 e. The van der Waals surface area contributed by atoms with Crippen LogP contribution in [0.15, 0.2) is 48.5 Å². The van der Waals surface area contributed by atoms with Crippen LogP contribution in [0.2, 0.25) is 0 Å². The van der Waals surface area contributed by atoms with Crippen LogP contribution in [-0.2, 0) is 0 Å². The average molecular weight is 350 g/mol. The molecule has 0 aliphatic heterocycles. The molecule has 0 aliphatic carbocycles. The third kappa shape index (κ3) is 4.36. The third-order valence-corrected chi connectivity index (χ3v) is 3.41. The number of nitrogens with zero attached hydrogens (tertiary/aromatic N) is 2. The summed E-state index contributed by atoms with van der Waals surface area (Å²) >= 11 is 5.78. The molecule has 0 aromatic heterocycles. The number of anilines is 2. The van der Waals surface area contributed by atoms with Crippen molar-refractivity contribution in [3.63, 3.8) is 0 Å². The monoisotopic (exact) mass is 349 g/mol. The molecule has 0 spiro atoms. The molecule has 0 radical (unpaired) electrons. The summed E-state index contributed by atoms with van der Waals surface area (Å²) in [5, 5.41) is 13.5. The maximum atomic E-state index is 12.5. The van der Waals surface area contributed by atoms with E-state index in [2.05, 4.69) is 5.32 Å². The first-order valence-electron chi connectivity index (χ1n) is 7.08. The number of nitro groups is 1. The fourth-order valence-corrected chi connectivity index (χ4v) is 2.25. The molecule has 126 valence electrons. The van der Waals surface area contributed by atoms with E-state index in [0.29, 0.717) is 17.1 Å². The molecule has 0 saturated heterocycles. The highest BCUT2D eigenvalue weighted by Gasteiger charge is 2.16. The predicted molar refractivity (Wildman–Crippen MR) is 93.2 cm³/mol. The number of non-ortho nitro benzene ring substituents is 1. The number of nitro benzene ring substituents is 1. The number of benzene rings is 2. The van der Waals surface area contributed by atoms with Crippen molar-refractivity contribution < 1.29 is 14.5 Å². The van der Waals surface area contributed by atoms with Crippen molar-refractivity contribution in [3.8, 4) is 5.75 Å². The van der Waals surface area contributed by atoms with E-state index in [-0.39, 0.29) is 18.1 Å². The molecule has 2 rings (SSSR count). The molecular weight excluding hydrogens is 334 g/mol. The van der Waals surface area contributed by atoms with Crippen LogP contribution < -0.4 is 15.0 Å². The summed E-state index contributed by atoms with van der Waals surface area (Å²) in [6.45, 7) is 0.286. The van der Waals surface area contributed by atoms with Crippen molar-refractivity contribution in [2.24, 2.45) is 0 Å². The van der Waals surface area contributed by atoms with Crippen LogP contribution in [0, 0.1) is 10.1 Å². The number of rotatable bonds is 6. The highest BCUT2D eigenvalue weighted by Crippen LogP contribution is 2.22. The Kier molecular flexibility index (Phi) is 5.97. The molecule has 2 aromatic carbocycles. The Hall–Kier alpha value is -2.80. The van der Waals surface area contributed by atoms with Gasteiger partial charge in [0.1, 0.15) is 5.75 Å². The summed E-state index contributed by atoms with van der Waals surface area (Å²) in [7, 11) is 1.56. The molecule has 0 atom stereocenters.